The number of hydrogen-bond donors (Lipinski definition) is 1. The van der Waals surface area contributed by atoms with Crippen molar-refractivity contribution in [2.75, 3.05) is 7.05 Å². The van der Waals surface area contributed by atoms with Gasteiger partial charge in [-0.2, -0.15) is 0 Å². The highest BCUT2D eigenvalue weighted by Gasteiger charge is 2.16. The number of nitrogens with one attached hydrogen (secondary N) is 1. The van der Waals surface area contributed by atoms with Crippen molar-refractivity contribution in [2.45, 2.75) is 19.5 Å². The number of carbonyl (C=O) groups is 1. The van der Waals surface area contributed by atoms with Crippen LogP contribution in [0.1, 0.15) is 23.7 Å². The Morgan fingerprint density at radius 2 is 2.40 bits per heavy atom. The second kappa shape index (κ2) is 6.28. The molecule has 0 radical (unpaired) electrons. The van der Waals surface area contributed by atoms with E-state index >= 15 is 0 Å². The number of hydrogen-bond acceptors (Lipinski definition) is 3. The molecule has 108 valence electrons. The first-order valence-corrected chi connectivity index (χ1v) is 7.45. The van der Waals surface area contributed by atoms with Crippen LogP contribution in [0, 0.1) is 0 Å². The molecule has 20 heavy (non-hydrogen) atoms. The molecule has 0 saturated heterocycles. The minimum atomic E-state index is -0.134. The van der Waals surface area contributed by atoms with Crippen LogP contribution in [0.4, 0.5) is 4.79 Å². The van der Waals surface area contributed by atoms with Gasteiger partial charge in [-0.05, 0) is 13.0 Å². The summed E-state index contributed by atoms with van der Waals surface area (Å²) >= 11 is 7.46. The smallest absolute Gasteiger partial charge is 0.318 e. The van der Waals surface area contributed by atoms with Crippen molar-refractivity contribution < 1.29 is 4.79 Å². The van der Waals surface area contributed by atoms with Gasteiger partial charge in [0.1, 0.15) is 5.01 Å². The lowest BCUT2D eigenvalue weighted by atomic mass is 10.3. The zero-order valence-corrected chi connectivity index (χ0v) is 13.2. The fourth-order valence-electron chi connectivity index (χ4n) is 1.84. The van der Waals surface area contributed by atoms with Gasteiger partial charge in [0.25, 0.3) is 0 Å². The van der Waals surface area contributed by atoms with Gasteiger partial charge < -0.3 is 14.8 Å². The van der Waals surface area contributed by atoms with E-state index in [1.54, 1.807) is 18.1 Å². The molecule has 0 fully saturated rings. The normalized spacial score (nSPS) is 12.2. The molecule has 0 spiro atoms. The summed E-state index contributed by atoms with van der Waals surface area (Å²) in [5, 5.41) is 6.39. The quantitative estimate of drug-likeness (QED) is 0.943. The van der Waals surface area contributed by atoms with E-state index < -0.39 is 0 Å². The van der Waals surface area contributed by atoms with Gasteiger partial charge in [-0.1, -0.05) is 11.6 Å². The maximum absolute atomic E-state index is 12.1. The Bertz CT molecular complexity index is 581. The van der Waals surface area contributed by atoms with Crippen molar-refractivity contribution in [1.82, 2.24) is 19.8 Å². The molecule has 0 aliphatic rings. The predicted octanol–water partition coefficient (Wildman–Crippen LogP) is 3.04. The van der Waals surface area contributed by atoms with Gasteiger partial charge in [-0.3, -0.25) is 0 Å². The average molecular weight is 313 g/mol. The highest BCUT2D eigenvalue weighted by Crippen LogP contribution is 2.16. The van der Waals surface area contributed by atoms with Gasteiger partial charge in [-0.15, -0.1) is 11.3 Å². The van der Waals surface area contributed by atoms with Gasteiger partial charge >= 0.3 is 6.03 Å². The fraction of sp³-hybridized carbons (Fsp3) is 0.385. The summed E-state index contributed by atoms with van der Waals surface area (Å²) in [6, 6.07) is 1.63. The van der Waals surface area contributed by atoms with Crippen LogP contribution < -0.4 is 5.32 Å². The van der Waals surface area contributed by atoms with Crippen LogP contribution in [-0.4, -0.2) is 27.5 Å². The van der Waals surface area contributed by atoms with E-state index in [9.17, 15) is 4.79 Å². The molecule has 2 aromatic heterocycles. The zero-order chi connectivity index (χ0) is 14.7. The van der Waals surface area contributed by atoms with Crippen molar-refractivity contribution >= 4 is 29.0 Å². The van der Waals surface area contributed by atoms with E-state index in [0.29, 0.717) is 11.6 Å². The van der Waals surface area contributed by atoms with Crippen molar-refractivity contribution in [3.8, 4) is 0 Å². The molecule has 0 aliphatic carbocycles. The lowest BCUT2D eigenvalue weighted by molar-refractivity contribution is 0.202. The zero-order valence-electron chi connectivity index (χ0n) is 11.6. The maximum Gasteiger partial charge on any atom is 0.318 e. The van der Waals surface area contributed by atoms with Crippen LogP contribution in [0.5, 0.6) is 0 Å². The van der Waals surface area contributed by atoms with E-state index in [1.165, 1.54) is 11.3 Å². The van der Waals surface area contributed by atoms with E-state index in [1.807, 2.05) is 36.2 Å². The van der Waals surface area contributed by atoms with Gasteiger partial charge in [-0.25, -0.2) is 9.78 Å². The molecule has 1 N–H and O–H groups in total. The van der Waals surface area contributed by atoms with Gasteiger partial charge in [0.2, 0.25) is 0 Å². The largest absolute Gasteiger partial charge is 0.351 e. The molecule has 1 atom stereocenters. The molecule has 2 amide bonds. The molecule has 0 saturated carbocycles. The Morgan fingerprint density at radius 1 is 1.65 bits per heavy atom. The number of rotatable bonds is 4. The van der Waals surface area contributed by atoms with Crippen molar-refractivity contribution in [3.63, 3.8) is 0 Å². The molecule has 0 aromatic carbocycles. The summed E-state index contributed by atoms with van der Waals surface area (Å²) in [7, 11) is 3.66. The molecule has 5 nitrogen and oxygen atoms in total. The summed E-state index contributed by atoms with van der Waals surface area (Å²) in [5.41, 5.74) is 0.981. The fourth-order valence-corrected chi connectivity index (χ4v) is 2.76. The number of amides is 2. The van der Waals surface area contributed by atoms with Crippen molar-refractivity contribution in [3.05, 3.63) is 39.6 Å². The molecular formula is C13H17ClN4OS. The third kappa shape index (κ3) is 3.52. The Hall–Kier alpha value is -1.53. The summed E-state index contributed by atoms with van der Waals surface area (Å²) in [6.07, 6.45) is 3.55. The van der Waals surface area contributed by atoms with Crippen LogP contribution in [0.15, 0.2) is 23.8 Å². The molecule has 2 heterocycles. The Balaban J connectivity index is 1.94. The summed E-state index contributed by atoms with van der Waals surface area (Å²) < 4.78 is 1.91. The molecule has 2 aromatic rings. The number of aromatic nitrogens is 2. The third-order valence-corrected chi connectivity index (χ3v) is 4.15. The Labute approximate surface area is 127 Å². The first kappa shape index (κ1) is 14.9. The monoisotopic (exact) mass is 312 g/mol. The van der Waals surface area contributed by atoms with E-state index in [4.69, 9.17) is 11.6 Å². The molecule has 0 bridgehead atoms. The highest BCUT2D eigenvalue weighted by molar-refractivity contribution is 7.09. The molecule has 0 aliphatic heterocycles. The highest BCUT2D eigenvalue weighted by atomic mass is 35.5. The Kier molecular flexibility index (Phi) is 4.67. The lowest BCUT2D eigenvalue weighted by Gasteiger charge is -2.20. The number of urea groups is 1. The van der Waals surface area contributed by atoms with E-state index in [-0.39, 0.29) is 12.1 Å². The van der Waals surface area contributed by atoms with E-state index in [2.05, 4.69) is 10.3 Å². The van der Waals surface area contributed by atoms with E-state index in [0.717, 1.165) is 10.7 Å². The third-order valence-electron chi connectivity index (χ3n) is 2.98. The molecule has 7 heteroatoms. The minimum Gasteiger partial charge on any atom is -0.351 e. The topological polar surface area (TPSA) is 50.2 Å². The van der Waals surface area contributed by atoms with Gasteiger partial charge in [0.15, 0.2) is 0 Å². The van der Waals surface area contributed by atoms with Crippen LogP contribution >= 0.6 is 22.9 Å². The van der Waals surface area contributed by atoms with Crippen molar-refractivity contribution in [2.24, 2.45) is 7.05 Å². The molecule has 2 rings (SSSR count). The Morgan fingerprint density at radius 3 is 2.95 bits per heavy atom. The summed E-state index contributed by atoms with van der Waals surface area (Å²) in [6.45, 7) is 2.42. The second-order valence-corrected chi connectivity index (χ2v) is 6.02. The first-order valence-electron chi connectivity index (χ1n) is 6.19. The summed E-state index contributed by atoms with van der Waals surface area (Å²) in [4.78, 5) is 17.9. The lowest BCUT2D eigenvalue weighted by Crippen LogP contribution is -2.38. The number of nitrogens with zero attached hydrogens (tertiary/aromatic N) is 3. The maximum atomic E-state index is 12.1. The van der Waals surface area contributed by atoms with Gasteiger partial charge in [0.05, 0.1) is 17.6 Å². The standard InChI is InChI=1S/C13H17ClN4OS/c1-9(12-15-4-5-20-12)16-13(19)18(3)8-11-6-10(14)7-17(11)2/h4-7,9H,8H2,1-3H3,(H,16,19)/t9-/m1/s1. The van der Waals surface area contributed by atoms with Crippen LogP contribution in [0.25, 0.3) is 0 Å². The van der Waals surface area contributed by atoms with Crippen molar-refractivity contribution in [1.29, 1.82) is 0 Å². The first-order chi connectivity index (χ1) is 9.47. The molecule has 0 unspecified atom stereocenters. The minimum absolute atomic E-state index is 0.0954. The van der Waals surface area contributed by atoms with Crippen LogP contribution in [-0.2, 0) is 13.6 Å². The number of halogens is 1. The molecular weight excluding hydrogens is 296 g/mol. The summed E-state index contributed by atoms with van der Waals surface area (Å²) in [5.74, 6) is 0. The number of thiazole rings is 1. The number of carbonyl (C=O) groups excluding carboxylic acids is 1. The second-order valence-electron chi connectivity index (χ2n) is 4.66. The van der Waals surface area contributed by atoms with Crippen LogP contribution in [0.3, 0.4) is 0 Å². The number of aryl methyl sites for hydroxylation is 1. The predicted molar refractivity (Wildman–Crippen MR) is 81.0 cm³/mol. The van der Waals surface area contributed by atoms with Gasteiger partial charge in [0, 0.05) is 37.6 Å². The average Bonchev–Trinajstić information content (AvgIpc) is 3.00. The van der Waals surface area contributed by atoms with Crippen LogP contribution in [0.2, 0.25) is 5.02 Å². The SMILES string of the molecule is C[C@@H](NC(=O)N(C)Cc1cc(Cl)cn1C)c1nccs1.